The Morgan fingerprint density at radius 2 is 1.67 bits per heavy atom. The van der Waals surface area contributed by atoms with Gasteiger partial charge >= 0.3 is 0 Å². The van der Waals surface area contributed by atoms with Gasteiger partial charge in [-0.25, -0.2) is 9.98 Å². The summed E-state index contributed by atoms with van der Waals surface area (Å²) in [4.78, 5) is 33.8. The molecule has 1 N–H and O–H groups in total. The van der Waals surface area contributed by atoms with Crippen LogP contribution in [0, 0.1) is 10.8 Å². The van der Waals surface area contributed by atoms with Gasteiger partial charge in [-0.05, 0) is 17.3 Å². The summed E-state index contributed by atoms with van der Waals surface area (Å²) in [6.45, 7) is 8.03. The first-order valence-electron chi connectivity index (χ1n) is 8.09. The van der Waals surface area contributed by atoms with Gasteiger partial charge in [-0.1, -0.05) is 39.0 Å². The van der Waals surface area contributed by atoms with Crippen LogP contribution in [0.2, 0.25) is 0 Å². The Morgan fingerprint density at radius 3 is 2.33 bits per heavy atom. The third kappa shape index (κ3) is 3.34. The molecular formula is C18H22N2O3S. The summed E-state index contributed by atoms with van der Waals surface area (Å²) in [5.41, 5.74) is 0.749. The van der Waals surface area contributed by atoms with Crippen LogP contribution in [0.5, 0.6) is 0 Å². The molecule has 24 heavy (non-hydrogen) atoms. The Hall–Kier alpha value is -1.82. The van der Waals surface area contributed by atoms with Crippen molar-refractivity contribution in [3.63, 3.8) is 0 Å². The molecule has 0 unspecified atom stereocenters. The molecule has 128 valence electrons. The van der Waals surface area contributed by atoms with Crippen molar-refractivity contribution in [1.82, 2.24) is 4.98 Å². The maximum Gasteiger partial charge on any atom is 0.210 e. The van der Waals surface area contributed by atoms with Gasteiger partial charge in [0.2, 0.25) is 5.13 Å². The number of hydrogen-bond donors (Lipinski definition) is 1. The normalized spacial score (nSPS) is 23.0. The first-order chi connectivity index (χ1) is 11.1. The summed E-state index contributed by atoms with van der Waals surface area (Å²) in [6.07, 6.45) is 3.51. The number of carbonyl (C=O) groups is 2. The average molecular weight is 346 g/mol. The van der Waals surface area contributed by atoms with E-state index < -0.39 is 0 Å². The summed E-state index contributed by atoms with van der Waals surface area (Å²) < 4.78 is 0. The second kappa shape index (κ2) is 5.62. The van der Waals surface area contributed by atoms with E-state index in [2.05, 4.69) is 23.8 Å². The Bertz CT molecular complexity index is 784. The van der Waals surface area contributed by atoms with Crippen LogP contribution >= 0.6 is 11.3 Å². The van der Waals surface area contributed by atoms with Gasteiger partial charge in [0.1, 0.15) is 5.76 Å². The highest BCUT2D eigenvalue weighted by atomic mass is 32.1. The van der Waals surface area contributed by atoms with Crippen LogP contribution < -0.4 is 0 Å². The number of Topliss-reactive ketones (excluding diaryl/α,β-unsaturated/α-hetero) is 2. The molecule has 0 saturated heterocycles. The molecule has 1 heterocycles. The molecule has 1 aromatic rings. The van der Waals surface area contributed by atoms with Crippen LogP contribution in [-0.4, -0.2) is 27.9 Å². The zero-order valence-electron chi connectivity index (χ0n) is 14.5. The minimum atomic E-state index is -0.225. The number of aliphatic hydroxyl groups is 1. The molecule has 2 aliphatic rings. The molecule has 0 bridgehead atoms. The maximum absolute atomic E-state index is 12.2. The van der Waals surface area contributed by atoms with Gasteiger partial charge in [0.05, 0.1) is 16.1 Å². The van der Waals surface area contributed by atoms with Gasteiger partial charge in [0.25, 0.3) is 0 Å². The number of hydrogen-bond acceptors (Lipinski definition) is 6. The average Bonchev–Trinajstić information content (AvgIpc) is 2.77. The Kier molecular flexibility index (Phi) is 3.98. The van der Waals surface area contributed by atoms with E-state index in [1.807, 2.05) is 13.8 Å². The second-order valence-corrected chi connectivity index (χ2v) is 9.25. The fourth-order valence-corrected chi connectivity index (χ4v) is 4.20. The van der Waals surface area contributed by atoms with Crippen LogP contribution in [0.1, 0.15) is 62.3 Å². The van der Waals surface area contributed by atoms with Crippen molar-refractivity contribution in [2.24, 2.45) is 15.8 Å². The topological polar surface area (TPSA) is 79.6 Å². The minimum Gasteiger partial charge on any atom is -0.511 e. The fraction of sp³-hybridized carbons (Fsp3) is 0.556. The lowest BCUT2D eigenvalue weighted by molar-refractivity contribution is -0.117. The highest BCUT2D eigenvalue weighted by Crippen LogP contribution is 2.39. The number of aliphatic imine (C=N–C) groups is 1. The molecule has 3 rings (SSSR count). The lowest BCUT2D eigenvalue weighted by Crippen LogP contribution is -2.26. The Labute approximate surface area is 145 Å². The summed E-state index contributed by atoms with van der Waals surface area (Å²) in [5, 5.41) is 10.6. The standard InChI is InChI=1S/C18H22N2O3S/c1-17(2)5-11-15(14(23)8-17)24-16(20-11)19-9-10-12(21)6-18(3,4)7-13(10)22/h9,21H,5-8H2,1-4H3/b19-9+. The molecule has 5 nitrogen and oxygen atoms in total. The summed E-state index contributed by atoms with van der Waals surface area (Å²) in [6, 6.07) is 0. The smallest absolute Gasteiger partial charge is 0.210 e. The zero-order valence-corrected chi connectivity index (χ0v) is 15.3. The minimum absolute atomic E-state index is 0.0785. The van der Waals surface area contributed by atoms with Crippen molar-refractivity contribution in [2.75, 3.05) is 0 Å². The van der Waals surface area contributed by atoms with Crippen molar-refractivity contribution < 1.29 is 14.7 Å². The van der Waals surface area contributed by atoms with E-state index in [0.717, 1.165) is 12.1 Å². The van der Waals surface area contributed by atoms with Gasteiger partial charge in [-0.2, -0.15) is 0 Å². The van der Waals surface area contributed by atoms with E-state index in [0.29, 0.717) is 29.3 Å². The predicted molar refractivity (Wildman–Crippen MR) is 94.4 cm³/mol. The molecule has 0 atom stereocenters. The van der Waals surface area contributed by atoms with Gasteiger partial charge in [-0.15, -0.1) is 0 Å². The highest BCUT2D eigenvalue weighted by Gasteiger charge is 2.34. The number of rotatable bonds is 2. The second-order valence-electron chi connectivity index (χ2n) is 8.27. The number of nitrogens with zero attached hydrogens (tertiary/aromatic N) is 2. The SMILES string of the molecule is CC1(C)CC(=O)C(/C=N/c2nc3c(s2)C(=O)CC(C)(C)C3)=C(O)C1. The third-order valence-electron chi connectivity index (χ3n) is 4.42. The molecule has 2 aliphatic carbocycles. The summed E-state index contributed by atoms with van der Waals surface area (Å²) >= 11 is 1.26. The molecule has 0 aromatic carbocycles. The van der Waals surface area contributed by atoms with Crippen LogP contribution in [0.25, 0.3) is 0 Å². The predicted octanol–water partition coefficient (Wildman–Crippen LogP) is 4.20. The van der Waals surface area contributed by atoms with Crippen molar-refractivity contribution >= 4 is 34.2 Å². The molecule has 0 amide bonds. The van der Waals surface area contributed by atoms with Crippen molar-refractivity contribution in [3.8, 4) is 0 Å². The molecule has 0 fully saturated rings. The van der Waals surface area contributed by atoms with Crippen LogP contribution in [0.15, 0.2) is 16.3 Å². The number of allylic oxidation sites excluding steroid dienone is 2. The number of carbonyl (C=O) groups excluding carboxylic acids is 2. The van der Waals surface area contributed by atoms with E-state index >= 15 is 0 Å². The van der Waals surface area contributed by atoms with Crippen molar-refractivity contribution in [3.05, 3.63) is 21.9 Å². The first kappa shape index (κ1) is 17.0. The summed E-state index contributed by atoms with van der Waals surface area (Å²) in [7, 11) is 0. The van der Waals surface area contributed by atoms with Crippen molar-refractivity contribution in [2.45, 2.75) is 53.4 Å². The van der Waals surface area contributed by atoms with Gasteiger partial charge in [0, 0.05) is 25.5 Å². The maximum atomic E-state index is 12.2. The third-order valence-corrected chi connectivity index (χ3v) is 5.47. The quantitative estimate of drug-likeness (QED) is 0.814. The molecular weight excluding hydrogens is 324 g/mol. The van der Waals surface area contributed by atoms with E-state index in [9.17, 15) is 14.7 Å². The Balaban J connectivity index is 1.87. The van der Waals surface area contributed by atoms with Crippen LogP contribution in [-0.2, 0) is 11.2 Å². The zero-order chi connectivity index (χ0) is 17.7. The van der Waals surface area contributed by atoms with Crippen molar-refractivity contribution in [1.29, 1.82) is 0 Å². The van der Waals surface area contributed by atoms with Gasteiger partial charge in [0.15, 0.2) is 11.6 Å². The van der Waals surface area contributed by atoms with E-state index in [4.69, 9.17) is 0 Å². The number of thiazole rings is 1. The fourth-order valence-electron chi connectivity index (χ4n) is 3.33. The molecule has 1 aromatic heterocycles. The molecule has 0 saturated carbocycles. The Morgan fingerprint density at radius 1 is 1.04 bits per heavy atom. The van der Waals surface area contributed by atoms with Gasteiger partial charge < -0.3 is 5.11 Å². The van der Waals surface area contributed by atoms with Gasteiger partial charge in [-0.3, -0.25) is 9.59 Å². The largest absolute Gasteiger partial charge is 0.511 e. The number of ketones is 2. The molecule has 6 heteroatoms. The lowest BCUT2D eigenvalue weighted by Gasteiger charge is -2.28. The van der Waals surface area contributed by atoms with E-state index in [1.165, 1.54) is 17.6 Å². The van der Waals surface area contributed by atoms with E-state index in [1.54, 1.807) is 0 Å². The summed E-state index contributed by atoms with van der Waals surface area (Å²) in [5.74, 6) is 0.0855. The number of aliphatic hydroxyl groups excluding tert-OH is 1. The molecule has 0 spiro atoms. The lowest BCUT2D eigenvalue weighted by atomic mass is 9.77. The molecule has 0 radical (unpaired) electrons. The van der Waals surface area contributed by atoms with Crippen LogP contribution in [0.3, 0.4) is 0 Å². The first-order valence-corrected chi connectivity index (χ1v) is 8.90. The van der Waals surface area contributed by atoms with Crippen LogP contribution in [0.4, 0.5) is 5.13 Å². The highest BCUT2D eigenvalue weighted by molar-refractivity contribution is 7.17. The number of fused-ring (bicyclic) bond motifs is 1. The molecule has 0 aliphatic heterocycles. The number of aromatic nitrogens is 1. The monoisotopic (exact) mass is 346 g/mol. The van der Waals surface area contributed by atoms with E-state index in [-0.39, 0.29) is 33.7 Å².